The third-order valence-electron chi connectivity index (χ3n) is 11.3. The molecule has 314 valence electrons. The van der Waals surface area contributed by atoms with Crippen molar-refractivity contribution < 1.29 is 27.1 Å². The molecule has 17 nitrogen and oxygen atoms in total. The van der Waals surface area contributed by atoms with Crippen molar-refractivity contribution in [2.75, 3.05) is 18.4 Å². The lowest BCUT2D eigenvalue weighted by molar-refractivity contribution is -0.135. The van der Waals surface area contributed by atoms with E-state index in [1.54, 1.807) is 36.1 Å². The number of likely N-dealkylation sites (tertiary alicyclic amines) is 1. The minimum Gasteiger partial charge on any atom is -0.485 e. The van der Waals surface area contributed by atoms with Gasteiger partial charge in [-0.2, -0.15) is 14.6 Å². The van der Waals surface area contributed by atoms with Crippen molar-refractivity contribution in [1.82, 2.24) is 49.1 Å². The summed E-state index contributed by atoms with van der Waals surface area (Å²) in [4.78, 5) is 48.7. The Balaban J connectivity index is 0.863. The van der Waals surface area contributed by atoms with Gasteiger partial charge in [-0.1, -0.05) is 18.2 Å². The molecule has 1 unspecified atom stereocenters. The number of hydrogen-bond donors (Lipinski definition) is 3. The zero-order chi connectivity index (χ0) is 42.6. The fourth-order valence-electron chi connectivity index (χ4n) is 8.20. The average Bonchev–Trinajstić information content (AvgIpc) is 3.98. The molecule has 0 radical (unpaired) electrons. The maximum atomic E-state index is 15.6. The highest BCUT2D eigenvalue weighted by atomic mass is 32.2. The number of anilines is 2. The van der Waals surface area contributed by atoms with Crippen LogP contribution in [0.2, 0.25) is 0 Å². The Labute approximate surface area is 348 Å². The van der Waals surface area contributed by atoms with Gasteiger partial charge >= 0.3 is 5.69 Å². The Morgan fingerprint density at radius 1 is 0.984 bits per heavy atom. The van der Waals surface area contributed by atoms with Gasteiger partial charge in [0, 0.05) is 31.8 Å². The Kier molecular flexibility index (Phi) is 10.2. The lowest BCUT2D eigenvalue weighted by atomic mass is 9.89. The first-order valence-corrected chi connectivity index (χ1v) is 21.4. The monoisotopic (exact) mass is 847 g/mol. The van der Waals surface area contributed by atoms with Gasteiger partial charge in [0.2, 0.25) is 33.2 Å². The number of fused-ring (bicyclic) bond motifs is 2. The highest BCUT2D eigenvalue weighted by Gasteiger charge is 2.32. The molecule has 2 fully saturated rings. The van der Waals surface area contributed by atoms with Crippen LogP contribution in [0.15, 0.2) is 94.0 Å². The van der Waals surface area contributed by atoms with E-state index in [9.17, 15) is 22.8 Å². The van der Waals surface area contributed by atoms with Crippen LogP contribution in [-0.4, -0.2) is 83.2 Å². The van der Waals surface area contributed by atoms with E-state index in [1.165, 1.54) is 33.6 Å². The molecule has 3 N–H and O–H groups in total. The number of nitrogens with zero attached hydrogens (tertiary/aromatic N) is 8. The van der Waals surface area contributed by atoms with E-state index in [-0.39, 0.29) is 57.9 Å². The van der Waals surface area contributed by atoms with E-state index in [4.69, 9.17) is 4.74 Å². The Hall–Kier alpha value is -6.73. The Morgan fingerprint density at radius 2 is 1.79 bits per heavy atom. The van der Waals surface area contributed by atoms with Crippen LogP contribution in [0.1, 0.15) is 62.6 Å². The summed E-state index contributed by atoms with van der Waals surface area (Å²) in [5, 5.41) is 16.3. The highest BCUT2D eigenvalue weighted by molar-refractivity contribution is 7.91. The smallest absolute Gasteiger partial charge is 0.329 e. The van der Waals surface area contributed by atoms with Gasteiger partial charge in [-0.05, 0) is 106 Å². The number of rotatable bonds is 11. The number of carbonyl (C=O) groups excluding carboxylic acids is 2. The third-order valence-corrected chi connectivity index (χ3v) is 13.0. The first-order valence-electron chi connectivity index (χ1n) is 19.9. The van der Waals surface area contributed by atoms with E-state index >= 15 is 4.39 Å². The van der Waals surface area contributed by atoms with Gasteiger partial charge in [0.1, 0.15) is 23.9 Å². The quantitative estimate of drug-likeness (QED) is 0.147. The number of carbonyl (C=O) groups is 2. The SMILES string of the molecule is CC(C)Oc1c(-c2cn[nH]c2)ncn2nc(Nc3ccc(S(=O)(=O)c4cccc(CN5CCC(c6ccc7c(c6)n(C)c(=O)n7C6CCC(=O)NC6=O)CC5)c4)cc3F)nc12. The van der Waals surface area contributed by atoms with Crippen molar-refractivity contribution in [3.8, 4) is 17.0 Å². The fraction of sp³-hybridized carbons (Fsp3) is 0.310. The van der Waals surface area contributed by atoms with Crippen LogP contribution in [0.5, 0.6) is 5.75 Å². The second-order valence-electron chi connectivity index (χ2n) is 15.7. The van der Waals surface area contributed by atoms with Gasteiger partial charge < -0.3 is 10.1 Å². The minimum absolute atomic E-state index is 0.0176. The first kappa shape index (κ1) is 39.7. The van der Waals surface area contributed by atoms with E-state index in [0.717, 1.165) is 48.6 Å². The molecule has 7 aromatic rings. The number of benzene rings is 3. The number of aromatic nitrogens is 8. The molecule has 4 aromatic heterocycles. The van der Waals surface area contributed by atoms with Gasteiger partial charge in [-0.15, -0.1) is 5.10 Å². The van der Waals surface area contributed by atoms with Crippen LogP contribution in [0.3, 0.4) is 0 Å². The summed E-state index contributed by atoms with van der Waals surface area (Å²) in [5.41, 5.74) is 4.51. The van der Waals surface area contributed by atoms with E-state index in [0.29, 0.717) is 34.7 Å². The molecule has 2 saturated heterocycles. The summed E-state index contributed by atoms with van der Waals surface area (Å²) >= 11 is 0. The number of imide groups is 1. The summed E-state index contributed by atoms with van der Waals surface area (Å²) in [6.45, 7) is 5.81. The van der Waals surface area contributed by atoms with Gasteiger partial charge in [0.25, 0.3) is 0 Å². The molecule has 0 bridgehead atoms. The molecule has 2 amide bonds. The number of piperidine rings is 2. The Morgan fingerprint density at radius 3 is 2.52 bits per heavy atom. The lowest BCUT2D eigenvalue weighted by Gasteiger charge is -2.32. The number of hydrogen-bond acceptors (Lipinski definition) is 12. The maximum absolute atomic E-state index is 15.6. The Bertz CT molecular complexity index is 3010. The van der Waals surface area contributed by atoms with Crippen molar-refractivity contribution in [3.63, 3.8) is 0 Å². The molecule has 0 saturated carbocycles. The molecule has 2 aliphatic heterocycles. The summed E-state index contributed by atoms with van der Waals surface area (Å²) in [5.74, 6) is -0.929. The fourth-order valence-corrected chi connectivity index (χ4v) is 9.54. The molecule has 61 heavy (non-hydrogen) atoms. The van der Waals surface area contributed by atoms with Crippen LogP contribution in [0.25, 0.3) is 27.9 Å². The van der Waals surface area contributed by atoms with Gasteiger partial charge in [0.05, 0.1) is 38.8 Å². The predicted molar refractivity (Wildman–Crippen MR) is 222 cm³/mol. The molecule has 19 heteroatoms. The van der Waals surface area contributed by atoms with Crippen molar-refractivity contribution in [2.24, 2.45) is 7.05 Å². The van der Waals surface area contributed by atoms with E-state index in [1.807, 2.05) is 38.1 Å². The first-order chi connectivity index (χ1) is 29.3. The van der Waals surface area contributed by atoms with Crippen LogP contribution in [0, 0.1) is 5.82 Å². The molecular weight excluding hydrogens is 806 g/mol. The molecule has 3 aromatic carbocycles. The predicted octanol–water partition coefficient (Wildman–Crippen LogP) is 5.03. The number of aryl methyl sites for hydroxylation is 1. The largest absolute Gasteiger partial charge is 0.485 e. The normalized spacial score (nSPS) is 16.8. The molecular formula is C42H42FN11O6S. The molecule has 6 heterocycles. The molecule has 2 aliphatic rings. The molecule has 1 atom stereocenters. The van der Waals surface area contributed by atoms with Crippen molar-refractivity contribution in [3.05, 3.63) is 107 Å². The summed E-state index contributed by atoms with van der Waals surface area (Å²) < 4.78 is 53.8. The number of H-pyrrole nitrogens is 1. The third kappa shape index (κ3) is 7.54. The van der Waals surface area contributed by atoms with Crippen LogP contribution >= 0.6 is 0 Å². The van der Waals surface area contributed by atoms with Crippen LogP contribution in [-0.2, 0) is 33.0 Å². The van der Waals surface area contributed by atoms with Gasteiger partial charge in [0.15, 0.2) is 5.75 Å². The number of ether oxygens (including phenoxy) is 1. The topological polar surface area (TPSA) is 203 Å². The number of halogens is 1. The van der Waals surface area contributed by atoms with E-state index in [2.05, 4.69) is 40.8 Å². The minimum atomic E-state index is -4.08. The van der Waals surface area contributed by atoms with Crippen LogP contribution < -0.4 is 21.1 Å². The summed E-state index contributed by atoms with van der Waals surface area (Å²) in [6, 6.07) is 15.6. The van der Waals surface area contributed by atoms with Crippen molar-refractivity contribution >= 4 is 50.0 Å². The zero-order valence-electron chi connectivity index (χ0n) is 33.5. The number of aromatic amines is 1. The maximum Gasteiger partial charge on any atom is 0.329 e. The summed E-state index contributed by atoms with van der Waals surface area (Å²) in [7, 11) is -2.39. The number of amides is 2. The van der Waals surface area contributed by atoms with E-state index < -0.39 is 27.6 Å². The lowest BCUT2D eigenvalue weighted by Crippen LogP contribution is -2.44. The zero-order valence-corrected chi connectivity index (χ0v) is 34.3. The molecule has 0 aliphatic carbocycles. The van der Waals surface area contributed by atoms with Crippen molar-refractivity contribution in [2.45, 2.75) is 73.9 Å². The second-order valence-corrected chi connectivity index (χ2v) is 17.6. The average molecular weight is 848 g/mol. The summed E-state index contributed by atoms with van der Waals surface area (Å²) in [6.07, 6.45) is 6.71. The number of imidazole rings is 1. The van der Waals surface area contributed by atoms with Gasteiger partial charge in [-0.3, -0.25) is 34.0 Å². The highest BCUT2D eigenvalue weighted by Crippen LogP contribution is 2.35. The molecule has 9 rings (SSSR count). The van der Waals surface area contributed by atoms with Crippen LogP contribution in [0.4, 0.5) is 16.0 Å². The van der Waals surface area contributed by atoms with Gasteiger partial charge in [-0.25, -0.2) is 22.6 Å². The standard InChI is InChI=1S/C42H42FN11O6S/c1-24(2)60-38-37(28-20-45-46-21-28)44-23-53-39(38)49-41(50-53)47-32-9-8-30(19-31(32)43)61(58,59)29-6-4-5-25(17-29)22-52-15-13-26(14-16-52)27-7-10-33-35(18-27)51(3)42(57)54(33)34-11-12-36(55)48-40(34)56/h4-10,17-21,23-24,26,34H,11-16,22H2,1-3H3,(H,45,46)(H,47,50)(H,48,55,56). The number of sulfone groups is 1. The second kappa shape index (κ2) is 15.7. The number of nitrogens with one attached hydrogen (secondary N) is 3. The van der Waals surface area contributed by atoms with Crippen molar-refractivity contribution in [1.29, 1.82) is 0 Å². The molecule has 0 spiro atoms.